The number of benzene rings is 2. The van der Waals surface area contributed by atoms with E-state index in [1.54, 1.807) is 0 Å². The smallest absolute Gasteiger partial charge is 0.0445 e. The van der Waals surface area contributed by atoms with Gasteiger partial charge in [-0.15, -0.1) is 0 Å². The summed E-state index contributed by atoms with van der Waals surface area (Å²) in [7, 11) is 0. The van der Waals surface area contributed by atoms with Crippen LogP contribution in [-0.2, 0) is 11.8 Å². The summed E-state index contributed by atoms with van der Waals surface area (Å²) in [6.45, 7) is 7.25. The summed E-state index contributed by atoms with van der Waals surface area (Å²) in [5.74, 6) is 0. The van der Waals surface area contributed by atoms with Crippen molar-refractivity contribution in [3.05, 3.63) is 57.6 Å². The summed E-state index contributed by atoms with van der Waals surface area (Å²) in [5.41, 5.74) is 9.99. The topological polar surface area (TPSA) is 38.0 Å². The van der Waals surface area contributed by atoms with Gasteiger partial charge in [-0.1, -0.05) is 50.4 Å². The van der Waals surface area contributed by atoms with Crippen LogP contribution in [0, 0.1) is 0 Å². The molecule has 2 aromatic carbocycles. The van der Waals surface area contributed by atoms with E-state index in [0.29, 0.717) is 5.02 Å². The van der Waals surface area contributed by atoms with Gasteiger partial charge in [-0.05, 0) is 53.9 Å². The molecule has 0 heterocycles. The minimum atomic E-state index is -0.146. The first-order valence-electron chi connectivity index (χ1n) is 7.91. The van der Waals surface area contributed by atoms with E-state index in [1.807, 2.05) is 30.3 Å². The highest BCUT2D eigenvalue weighted by Gasteiger charge is 2.24. The molecule has 2 nitrogen and oxygen atoms in total. The van der Waals surface area contributed by atoms with Gasteiger partial charge in [0.05, 0.1) is 0 Å². The van der Waals surface area contributed by atoms with E-state index in [1.165, 1.54) is 5.56 Å². The summed E-state index contributed by atoms with van der Waals surface area (Å²) in [5, 5.41) is 5.00. The zero-order valence-corrected chi connectivity index (χ0v) is 15.4. The van der Waals surface area contributed by atoms with Gasteiger partial charge in [0.25, 0.3) is 0 Å². The lowest BCUT2D eigenvalue weighted by Gasteiger charge is -2.28. The summed E-state index contributed by atoms with van der Waals surface area (Å²) in [6, 6.07) is 11.6. The number of hydrogen-bond acceptors (Lipinski definition) is 2. The molecule has 0 atom stereocenters. The predicted octanol–water partition coefficient (Wildman–Crippen LogP) is 5.92. The third kappa shape index (κ3) is 4.55. The zero-order chi connectivity index (χ0) is 17.0. The summed E-state index contributed by atoms with van der Waals surface area (Å²) < 4.78 is 0. The molecule has 0 unspecified atom stereocenters. The van der Waals surface area contributed by atoms with Gasteiger partial charge in [-0.2, -0.15) is 0 Å². The van der Waals surface area contributed by atoms with Crippen molar-refractivity contribution in [1.82, 2.24) is 0 Å². The van der Waals surface area contributed by atoms with Crippen molar-refractivity contribution in [3.63, 3.8) is 0 Å². The molecular weight excluding hydrogens is 327 g/mol. The number of hydrogen-bond donors (Lipinski definition) is 2. The molecule has 124 valence electrons. The molecule has 23 heavy (non-hydrogen) atoms. The zero-order valence-electron chi connectivity index (χ0n) is 13.9. The van der Waals surface area contributed by atoms with Crippen molar-refractivity contribution in [2.45, 2.75) is 39.0 Å². The molecule has 2 rings (SSSR count). The van der Waals surface area contributed by atoms with Crippen molar-refractivity contribution in [3.8, 4) is 0 Å². The van der Waals surface area contributed by atoms with Crippen LogP contribution in [0.1, 0.15) is 38.3 Å². The molecule has 4 heteroatoms. The molecule has 0 fully saturated rings. The molecule has 0 spiro atoms. The maximum Gasteiger partial charge on any atom is 0.0445 e. The number of nitrogen functional groups attached to an aromatic ring is 1. The van der Waals surface area contributed by atoms with E-state index < -0.39 is 0 Å². The molecule has 0 aliphatic rings. The Balaban J connectivity index is 2.20. The number of nitrogens with one attached hydrogen (secondary N) is 1. The van der Waals surface area contributed by atoms with Crippen molar-refractivity contribution < 1.29 is 0 Å². The maximum absolute atomic E-state index is 6.36. The van der Waals surface area contributed by atoms with Gasteiger partial charge in [0.1, 0.15) is 0 Å². The van der Waals surface area contributed by atoms with Gasteiger partial charge in [-0.3, -0.25) is 0 Å². The highest BCUT2D eigenvalue weighted by Crippen LogP contribution is 2.33. The molecule has 0 saturated heterocycles. The van der Waals surface area contributed by atoms with Crippen LogP contribution in [0.3, 0.4) is 0 Å². The van der Waals surface area contributed by atoms with Crippen molar-refractivity contribution >= 4 is 34.6 Å². The van der Waals surface area contributed by atoms with Crippen LogP contribution in [0.5, 0.6) is 0 Å². The third-order valence-corrected chi connectivity index (χ3v) is 4.59. The Morgan fingerprint density at radius 3 is 2.52 bits per heavy atom. The number of rotatable bonds is 6. The molecule has 0 aliphatic carbocycles. The summed E-state index contributed by atoms with van der Waals surface area (Å²) in [6.07, 6.45) is 2.09. The first-order valence-corrected chi connectivity index (χ1v) is 8.67. The number of halogens is 2. The molecule has 3 N–H and O–H groups in total. The van der Waals surface area contributed by atoms with Crippen molar-refractivity contribution in [2.24, 2.45) is 0 Å². The van der Waals surface area contributed by atoms with E-state index in [9.17, 15) is 0 Å². The Labute approximate surface area is 149 Å². The quantitative estimate of drug-likeness (QED) is 0.634. The van der Waals surface area contributed by atoms with Crippen LogP contribution in [-0.4, -0.2) is 6.54 Å². The molecular formula is C19H24Cl2N2. The van der Waals surface area contributed by atoms with Crippen LogP contribution in [0.25, 0.3) is 0 Å². The highest BCUT2D eigenvalue weighted by atomic mass is 35.5. The van der Waals surface area contributed by atoms with Crippen molar-refractivity contribution in [2.75, 3.05) is 17.6 Å². The van der Waals surface area contributed by atoms with E-state index in [0.717, 1.165) is 41.3 Å². The average molecular weight is 351 g/mol. The highest BCUT2D eigenvalue weighted by molar-refractivity contribution is 6.33. The Hall–Kier alpha value is -1.38. The van der Waals surface area contributed by atoms with Crippen LogP contribution >= 0.6 is 23.2 Å². The van der Waals surface area contributed by atoms with Gasteiger partial charge in [0, 0.05) is 33.4 Å². The first kappa shape index (κ1) is 18.0. The Bertz CT molecular complexity index is 681. The second kappa shape index (κ2) is 7.46. The Morgan fingerprint density at radius 1 is 1.09 bits per heavy atom. The van der Waals surface area contributed by atoms with E-state index in [2.05, 4.69) is 32.2 Å². The summed E-state index contributed by atoms with van der Waals surface area (Å²) in [4.78, 5) is 0. The fourth-order valence-corrected chi connectivity index (χ4v) is 3.24. The molecule has 0 bridgehead atoms. The Kier molecular flexibility index (Phi) is 5.83. The molecule has 0 aromatic heterocycles. The van der Waals surface area contributed by atoms with Crippen LogP contribution in [0.15, 0.2) is 36.4 Å². The van der Waals surface area contributed by atoms with Crippen molar-refractivity contribution in [1.29, 1.82) is 0 Å². The molecule has 0 saturated carbocycles. The van der Waals surface area contributed by atoms with E-state index >= 15 is 0 Å². The van der Waals surface area contributed by atoms with E-state index in [-0.39, 0.29) is 5.41 Å². The maximum atomic E-state index is 6.36. The standard InChI is InChI=1S/C19H24Cl2N2/c1-4-5-13-10-15(22)7-9-18(13)23-12-19(2,3)16-11-14(20)6-8-17(16)21/h6-11,23H,4-5,12,22H2,1-3H3. The first-order chi connectivity index (χ1) is 10.8. The minimum absolute atomic E-state index is 0.146. The number of aryl methyl sites for hydroxylation is 1. The van der Waals surface area contributed by atoms with E-state index in [4.69, 9.17) is 28.9 Å². The second-order valence-corrected chi connectivity index (χ2v) is 7.37. The lowest BCUT2D eigenvalue weighted by Crippen LogP contribution is -2.28. The average Bonchev–Trinajstić information content (AvgIpc) is 2.49. The van der Waals surface area contributed by atoms with Gasteiger partial charge in [0.2, 0.25) is 0 Å². The van der Waals surface area contributed by atoms with Crippen LogP contribution in [0.4, 0.5) is 11.4 Å². The summed E-state index contributed by atoms with van der Waals surface area (Å²) >= 11 is 12.5. The number of anilines is 2. The Morgan fingerprint density at radius 2 is 1.83 bits per heavy atom. The number of nitrogens with two attached hydrogens (primary N) is 1. The fourth-order valence-electron chi connectivity index (χ4n) is 2.69. The van der Waals surface area contributed by atoms with Gasteiger partial charge >= 0.3 is 0 Å². The largest absolute Gasteiger partial charge is 0.399 e. The normalized spacial score (nSPS) is 11.5. The lowest BCUT2D eigenvalue weighted by atomic mass is 9.84. The molecule has 2 aromatic rings. The lowest BCUT2D eigenvalue weighted by molar-refractivity contribution is 0.557. The fraction of sp³-hybridized carbons (Fsp3) is 0.368. The molecule has 0 aliphatic heterocycles. The van der Waals surface area contributed by atoms with Gasteiger partial charge in [-0.25, -0.2) is 0 Å². The SMILES string of the molecule is CCCc1cc(N)ccc1NCC(C)(C)c1cc(Cl)ccc1Cl. The minimum Gasteiger partial charge on any atom is -0.399 e. The van der Waals surface area contributed by atoms with Gasteiger partial charge in [0.15, 0.2) is 0 Å². The molecule has 0 amide bonds. The van der Waals surface area contributed by atoms with Gasteiger partial charge < -0.3 is 11.1 Å². The van der Waals surface area contributed by atoms with Crippen LogP contribution in [0.2, 0.25) is 10.0 Å². The predicted molar refractivity (Wildman–Crippen MR) is 103 cm³/mol. The molecule has 0 radical (unpaired) electrons. The monoisotopic (exact) mass is 350 g/mol. The van der Waals surface area contributed by atoms with Crippen LogP contribution < -0.4 is 11.1 Å². The third-order valence-electron chi connectivity index (χ3n) is 4.03. The second-order valence-electron chi connectivity index (χ2n) is 6.53.